The number of H-pyrrole nitrogens is 1. The van der Waals surface area contributed by atoms with Crippen molar-refractivity contribution in [3.05, 3.63) is 59.2 Å². The number of amides is 1. The molecule has 2 aromatic rings. The number of hydrogen-bond acceptors (Lipinski definition) is 3. The Hall–Kier alpha value is -2.69. The maximum atomic E-state index is 12.0. The Labute approximate surface area is 109 Å². The van der Waals surface area contributed by atoms with Gasteiger partial charge in [0.05, 0.1) is 11.9 Å². The van der Waals surface area contributed by atoms with E-state index < -0.39 is 0 Å². The van der Waals surface area contributed by atoms with Gasteiger partial charge in [-0.05, 0) is 13.0 Å². The van der Waals surface area contributed by atoms with Crippen molar-refractivity contribution < 1.29 is 9.59 Å². The lowest BCUT2D eigenvalue weighted by Crippen LogP contribution is -2.13. The van der Waals surface area contributed by atoms with Crippen LogP contribution in [-0.2, 0) is 0 Å². The van der Waals surface area contributed by atoms with Crippen molar-refractivity contribution in [1.29, 1.82) is 0 Å². The first-order valence-corrected chi connectivity index (χ1v) is 5.83. The third-order valence-corrected chi connectivity index (χ3v) is 2.95. The van der Waals surface area contributed by atoms with Crippen LogP contribution in [0.1, 0.15) is 32.2 Å². The maximum Gasteiger partial charge on any atom is 0.256 e. The summed E-state index contributed by atoms with van der Waals surface area (Å²) in [6.45, 7) is 1.77. The summed E-state index contributed by atoms with van der Waals surface area (Å²) in [7, 11) is 0. The fourth-order valence-corrected chi connectivity index (χ4v) is 2.04. The van der Waals surface area contributed by atoms with Gasteiger partial charge in [0, 0.05) is 17.2 Å². The molecule has 1 amide bonds. The standard InChI is InChI=1S/C14H11N3O2/c1-8-15-7-12(16-8)13(18)6-11-9-4-2-3-5-10(9)14(19)17-11/h2-7H,1H3,(H,15,16)(H,17,19)/b11-6-. The van der Waals surface area contributed by atoms with E-state index in [2.05, 4.69) is 15.3 Å². The quantitative estimate of drug-likeness (QED) is 0.631. The molecule has 0 aliphatic carbocycles. The Kier molecular flexibility index (Phi) is 2.52. The van der Waals surface area contributed by atoms with Crippen LogP contribution in [0, 0.1) is 6.92 Å². The molecule has 3 rings (SSSR count). The number of fused-ring (bicyclic) bond motifs is 1. The van der Waals surface area contributed by atoms with E-state index in [1.807, 2.05) is 12.1 Å². The Morgan fingerprint density at radius 1 is 1.26 bits per heavy atom. The highest BCUT2D eigenvalue weighted by atomic mass is 16.2. The normalized spacial score (nSPS) is 15.4. The number of aromatic amines is 1. The molecule has 1 aromatic heterocycles. The van der Waals surface area contributed by atoms with E-state index in [1.54, 1.807) is 19.1 Å². The first-order valence-electron chi connectivity index (χ1n) is 5.83. The predicted octanol–water partition coefficient (Wildman–Crippen LogP) is 1.69. The minimum Gasteiger partial charge on any atom is -0.340 e. The Bertz CT molecular complexity index is 713. The second-order valence-electron chi connectivity index (χ2n) is 4.30. The molecule has 0 fully saturated rings. The van der Waals surface area contributed by atoms with Gasteiger partial charge in [-0.3, -0.25) is 9.59 Å². The van der Waals surface area contributed by atoms with E-state index >= 15 is 0 Å². The molecule has 0 radical (unpaired) electrons. The molecule has 2 N–H and O–H groups in total. The van der Waals surface area contributed by atoms with Crippen LogP contribution in [0.3, 0.4) is 0 Å². The highest BCUT2D eigenvalue weighted by Crippen LogP contribution is 2.24. The SMILES string of the molecule is Cc1ncc(C(=O)/C=C2\NC(=O)c3ccccc32)[nH]1. The number of aryl methyl sites for hydroxylation is 1. The summed E-state index contributed by atoms with van der Waals surface area (Å²) in [5, 5.41) is 2.69. The van der Waals surface area contributed by atoms with Gasteiger partial charge in [-0.1, -0.05) is 18.2 Å². The summed E-state index contributed by atoms with van der Waals surface area (Å²) in [6, 6.07) is 7.17. The number of carbonyl (C=O) groups is 2. The minimum atomic E-state index is -0.215. The second-order valence-corrected chi connectivity index (χ2v) is 4.30. The Morgan fingerprint density at radius 2 is 2.00 bits per heavy atom. The summed E-state index contributed by atoms with van der Waals surface area (Å²) in [5.41, 5.74) is 2.26. The van der Waals surface area contributed by atoms with E-state index in [-0.39, 0.29) is 11.7 Å². The van der Waals surface area contributed by atoms with Crippen LogP contribution in [-0.4, -0.2) is 21.7 Å². The summed E-state index contributed by atoms with van der Waals surface area (Å²) < 4.78 is 0. The van der Waals surface area contributed by atoms with E-state index in [1.165, 1.54) is 12.3 Å². The van der Waals surface area contributed by atoms with Crippen molar-refractivity contribution in [2.45, 2.75) is 6.92 Å². The molecule has 0 spiro atoms. The third kappa shape index (κ3) is 1.95. The molecule has 0 bridgehead atoms. The fourth-order valence-electron chi connectivity index (χ4n) is 2.04. The molecular formula is C14H11N3O2. The molecule has 1 aliphatic heterocycles. The number of imidazole rings is 1. The van der Waals surface area contributed by atoms with Gasteiger partial charge in [0.25, 0.3) is 5.91 Å². The van der Waals surface area contributed by atoms with E-state index in [4.69, 9.17) is 0 Å². The van der Waals surface area contributed by atoms with Gasteiger partial charge in [0.1, 0.15) is 11.5 Å². The molecule has 0 saturated heterocycles. The predicted molar refractivity (Wildman–Crippen MR) is 69.5 cm³/mol. The number of allylic oxidation sites excluding steroid dienone is 1. The molecule has 0 atom stereocenters. The molecule has 19 heavy (non-hydrogen) atoms. The number of rotatable bonds is 2. The Morgan fingerprint density at radius 3 is 2.68 bits per heavy atom. The van der Waals surface area contributed by atoms with E-state index in [0.717, 1.165) is 5.56 Å². The number of nitrogens with zero attached hydrogens (tertiary/aromatic N) is 1. The summed E-state index contributed by atoms with van der Waals surface area (Å²) in [4.78, 5) is 30.6. The average Bonchev–Trinajstić information content (AvgIpc) is 2.96. The summed E-state index contributed by atoms with van der Waals surface area (Å²) in [6.07, 6.45) is 2.90. The molecule has 0 unspecified atom stereocenters. The van der Waals surface area contributed by atoms with Crippen molar-refractivity contribution in [3.63, 3.8) is 0 Å². The van der Waals surface area contributed by atoms with Gasteiger partial charge in [0.2, 0.25) is 5.78 Å². The molecule has 1 aliphatic rings. The van der Waals surface area contributed by atoms with E-state index in [0.29, 0.717) is 22.8 Å². The molecular weight excluding hydrogens is 242 g/mol. The smallest absolute Gasteiger partial charge is 0.256 e. The van der Waals surface area contributed by atoms with Crippen LogP contribution in [0.2, 0.25) is 0 Å². The van der Waals surface area contributed by atoms with Crippen molar-refractivity contribution in [2.24, 2.45) is 0 Å². The van der Waals surface area contributed by atoms with Crippen molar-refractivity contribution in [2.75, 3.05) is 0 Å². The lowest BCUT2D eigenvalue weighted by atomic mass is 10.1. The first-order chi connectivity index (χ1) is 9.15. The van der Waals surface area contributed by atoms with Gasteiger partial charge in [0.15, 0.2) is 0 Å². The van der Waals surface area contributed by atoms with Crippen molar-refractivity contribution in [1.82, 2.24) is 15.3 Å². The van der Waals surface area contributed by atoms with Crippen molar-refractivity contribution in [3.8, 4) is 0 Å². The average molecular weight is 253 g/mol. The summed E-state index contributed by atoms with van der Waals surface area (Å²) >= 11 is 0. The van der Waals surface area contributed by atoms with Gasteiger partial charge < -0.3 is 10.3 Å². The first kappa shape index (κ1) is 11.4. The van der Waals surface area contributed by atoms with Crippen molar-refractivity contribution >= 4 is 17.4 Å². The number of ketones is 1. The van der Waals surface area contributed by atoms with Crippen LogP contribution in [0.5, 0.6) is 0 Å². The van der Waals surface area contributed by atoms with Gasteiger partial charge >= 0.3 is 0 Å². The molecule has 5 nitrogen and oxygen atoms in total. The van der Waals surface area contributed by atoms with Crippen LogP contribution >= 0.6 is 0 Å². The molecule has 2 heterocycles. The van der Waals surface area contributed by atoms with Crippen LogP contribution in [0.4, 0.5) is 0 Å². The molecule has 94 valence electrons. The fraction of sp³-hybridized carbons (Fsp3) is 0.0714. The molecule has 1 aromatic carbocycles. The summed E-state index contributed by atoms with van der Waals surface area (Å²) in [5.74, 6) is 0.278. The Balaban J connectivity index is 1.98. The van der Waals surface area contributed by atoms with Gasteiger partial charge in [-0.15, -0.1) is 0 Å². The van der Waals surface area contributed by atoms with Crippen LogP contribution in [0.15, 0.2) is 36.5 Å². The topological polar surface area (TPSA) is 74.8 Å². The number of carbonyl (C=O) groups excluding carboxylic acids is 2. The maximum absolute atomic E-state index is 12.0. The largest absolute Gasteiger partial charge is 0.340 e. The number of benzene rings is 1. The van der Waals surface area contributed by atoms with E-state index in [9.17, 15) is 9.59 Å². The van der Waals surface area contributed by atoms with Gasteiger partial charge in [-0.2, -0.15) is 0 Å². The number of hydrogen-bond donors (Lipinski definition) is 2. The number of nitrogens with one attached hydrogen (secondary N) is 2. The lowest BCUT2D eigenvalue weighted by Gasteiger charge is -1.98. The van der Waals surface area contributed by atoms with Crippen LogP contribution < -0.4 is 5.32 Å². The number of aromatic nitrogens is 2. The highest BCUT2D eigenvalue weighted by Gasteiger charge is 2.23. The monoisotopic (exact) mass is 253 g/mol. The zero-order valence-corrected chi connectivity index (χ0v) is 10.2. The second kappa shape index (κ2) is 4.20. The lowest BCUT2D eigenvalue weighted by molar-refractivity contribution is 0.0981. The third-order valence-electron chi connectivity index (χ3n) is 2.95. The zero-order chi connectivity index (χ0) is 13.4. The van der Waals surface area contributed by atoms with Crippen LogP contribution in [0.25, 0.3) is 5.70 Å². The van der Waals surface area contributed by atoms with Gasteiger partial charge in [-0.25, -0.2) is 4.98 Å². The molecule has 5 heteroatoms. The zero-order valence-electron chi connectivity index (χ0n) is 10.2. The minimum absolute atomic E-state index is 0.185. The highest BCUT2D eigenvalue weighted by molar-refractivity contribution is 6.15. The molecule has 0 saturated carbocycles.